The van der Waals surface area contributed by atoms with Gasteiger partial charge in [-0.1, -0.05) is 19.1 Å². The lowest BCUT2D eigenvalue weighted by Crippen LogP contribution is -2.24. The smallest absolute Gasteiger partial charge is 0.119 e. The molecular formula is C12H17NO. The topological polar surface area (TPSA) is 21.3 Å². The number of methoxy groups -OCH3 is 1. The zero-order valence-electron chi connectivity index (χ0n) is 8.84. The van der Waals surface area contributed by atoms with Gasteiger partial charge in [-0.3, -0.25) is 0 Å². The molecule has 0 amide bonds. The van der Waals surface area contributed by atoms with E-state index >= 15 is 0 Å². The Morgan fingerprint density at radius 1 is 1.43 bits per heavy atom. The number of benzene rings is 1. The molecule has 1 aliphatic rings. The van der Waals surface area contributed by atoms with Gasteiger partial charge in [-0.25, -0.2) is 0 Å². The molecule has 1 aromatic rings. The Hall–Kier alpha value is -1.02. The van der Waals surface area contributed by atoms with Crippen LogP contribution in [0.15, 0.2) is 24.3 Å². The quantitative estimate of drug-likeness (QED) is 0.771. The fourth-order valence-electron chi connectivity index (χ4n) is 2.06. The maximum absolute atomic E-state index is 5.24. The summed E-state index contributed by atoms with van der Waals surface area (Å²) in [5, 5.41) is 3.41. The van der Waals surface area contributed by atoms with Crippen LogP contribution >= 0.6 is 0 Å². The van der Waals surface area contributed by atoms with Crippen molar-refractivity contribution in [1.82, 2.24) is 5.32 Å². The molecule has 76 valence electrons. The highest BCUT2D eigenvalue weighted by molar-refractivity contribution is 5.34. The zero-order chi connectivity index (χ0) is 10.0. The molecule has 1 atom stereocenters. The molecule has 0 aromatic heterocycles. The predicted octanol–water partition coefficient (Wildman–Crippen LogP) is 1.95. The molecule has 0 bridgehead atoms. The van der Waals surface area contributed by atoms with Gasteiger partial charge in [0.05, 0.1) is 7.11 Å². The van der Waals surface area contributed by atoms with Crippen LogP contribution in [-0.4, -0.2) is 20.2 Å². The van der Waals surface area contributed by atoms with Gasteiger partial charge < -0.3 is 10.1 Å². The van der Waals surface area contributed by atoms with E-state index in [-0.39, 0.29) is 5.41 Å². The average Bonchev–Trinajstić information content (AvgIpc) is 2.67. The third kappa shape index (κ3) is 1.62. The predicted molar refractivity (Wildman–Crippen MR) is 57.8 cm³/mol. The van der Waals surface area contributed by atoms with Gasteiger partial charge in [-0.2, -0.15) is 0 Å². The van der Waals surface area contributed by atoms with Crippen molar-refractivity contribution < 1.29 is 4.74 Å². The lowest BCUT2D eigenvalue weighted by atomic mass is 9.82. The van der Waals surface area contributed by atoms with Crippen LogP contribution in [0.2, 0.25) is 0 Å². The van der Waals surface area contributed by atoms with Gasteiger partial charge in [0.1, 0.15) is 5.75 Å². The number of ether oxygens (including phenoxy) is 1. The number of rotatable bonds is 2. The Morgan fingerprint density at radius 2 is 2.29 bits per heavy atom. The van der Waals surface area contributed by atoms with Crippen LogP contribution in [0, 0.1) is 0 Å². The summed E-state index contributed by atoms with van der Waals surface area (Å²) in [5.74, 6) is 0.954. The van der Waals surface area contributed by atoms with E-state index in [2.05, 4.69) is 30.4 Å². The first-order valence-electron chi connectivity index (χ1n) is 5.10. The van der Waals surface area contributed by atoms with Gasteiger partial charge in [-0.15, -0.1) is 0 Å². The van der Waals surface area contributed by atoms with Gasteiger partial charge in [0, 0.05) is 12.0 Å². The molecule has 0 aliphatic carbocycles. The molecule has 0 unspecified atom stereocenters. The number of nitrogens with one attached hydrogen (secondary N) is 1. The van der Waals surface area contributed by atoms with E-state index < -0.39 is 0 Å². The number of hydrogen-bond donors (Lipinski definition) is 1. The minimum Gasteiger partial charge on any atom is -0.497 e. The maximum Gasteiger partial charge on any atom is 0.119 e. The highest BCUT2D eigenvalue weighted by Crippen LogP contribution is 2.31. The van der Waals surface area contributed by atoms with E-state index in [0.29, 0.717) is 0 Å². The first-order valence-corrected chi connectivity index (χ1v) is 5.10. The standard InChI is InChI=1S/C12H17NO/c1-12(6-7-13-9-12)10-4-3-5-11(8-10)14-2/h3-5,8,13H,6-7,9H2,1-2H3/t12-/m1/s1. The average molecular weight is 191 g/mol. The summed E-state index contributed by atoms with van der Waals surface area (Å²) in [6.45, 7) is 4.50. The molecule has 1 aliphatic heterocycles. The van der Waals surface area contributed by atoms with Gasteiger partial charge in [0.2, 0.25) is 0 Å². The monoisotopic (exact) mass is 191 g/mol. The molecule has 2 rings (SSSR count). The normalized spacial score (nSPS) is 26.4. The first kappa shape index (κ1) is 9.53. The highest BCUT2D eigenvalue weighted by Gasteiger charge is 2.30. The molecular weight excluding hydrogens is 174 g/mol. The van der Waals surface area contributed by atoms with Crippen molar-refractivity contribution in [2.75, 3.05) is 20.2 Å². The van der Waals surface area contributed by atoms with E-state index in [4.69, 9.17) is 4.74 Å². The third-order valence-corrected chi connectivity index (χ3v) is 3.14. The van der Waals surface area contributed by atoms with Crippen LogP contribution in [0.1, 0.15) is 18.9 Å². The molecule has 0 spiro atoms. The second kappa shape index (κ2) is 3.62. The second-order valence-corrected chi connectivity index (χ2v) is 4.22. The molecule has 1 fully saturated rings. The van der Waals surface area contributed by atoms with E-state index in [1.165, 1.54) is 12.0 Å². The Morgan fingerprint density at radius 3 is 2.93 bits per heavy atom. The minimum absolute atomic E-state index is 0.286. The molecule has 1 N–H and O–H groups in total. The van der Waals surface area contributed by atoms with Gasteiger partial charge in [0.25, 0.3) is 0 Å². The SMILES string of the molecule is COc1cccc([C@]2(C)CCNC2)c1. The molecule has 0 saturated carbocycles. The molecule has 2 nitrogen and oxygen atoms in total. The summed E-state index contributed by atoms with van der Waals surface area (Å²) < 4.78 is 5.24. The van der Waals surface area contributed by atoms with Crippen molar-refractivity contribution in [2.45, 2.75) is 18.8 Å². The Bertz CT molecular complexity index is 316. The maximum atomic E-state index is 5.24. The van der Waals surface area contributed by atoms with Crippen molar-refractivity contribution in [1.29, 1.82) is 0 Å². The van der Waals surface area contributed by atoms with Crippen LogP contribution in [-0.2, 0) is 5.41 Å². The fourth-order valence-corrected chi connectivity index (χ4v) is 2.06. The summed E-state index contributed by atoms with van der Waals surface area (Å²) in [5.41, 5.74) is 1.66. The minimum atomic E-state index is 0.286. The summed E-state index contributed by atoms with van der Waals surface area (Å²) >= 11 is 0. The fraction of sp³-hybridized carbons (Fsp3) is 0.500. The highest BCUT2D eigenvalue weighted by atomic mass is 16.5. The van der Waals surface area contributed by atoms with Crippen molar-refractivity contribution in [3.8, 4) is 5.75 Å². The van der Waals surface area contributed by atoms with Crippen molar-refractivity contribution in [3.05, 3.63) is 29.8 Å². The zero-order valence-corrected chi connectivity index (χ0v) is 8.84. The van der Waals surface area contributed by atoms with E-state index in [0.717, 1.165) is 18.8 Å². The first-order chi connectivity index (χ1) is 6.74. The summed E-state index contributed by atoms with van der Waals surface area (Å²) in [6.07, 6.45) is 1.21. The molecule has 2 heteroatoms. The van der Waals surface area contributed by atoms with Gasteiger partial charge >= 0.3 is 0 Å². The summed E-state index contributed by atoms with van der Waals surface area (Å²) in [6, 6.07) is 8.40. The molecule has 1 heterocycles. The summed E-state index contributed by atoms with van der Waals surface area (Å²) in [7, 11) is 1.72. The van der Waals surface area contributed by atoms with Crippen molar-refractivity contribution >= 4 is 0 Å². The second-order valence-electron chi connectivity index (χ2n) is 4.22. The Balaban J connectivity index is 2.30. The Labute approximate surface area is 85.3 Å². The summed E-state index contributed by atoms with van der Waals surface area (Å²) in [4.78, 5) is 0. The van der Waals surface area contributed by atoms with Crippen molar-refractivity contribution in [2.24, 2.45) is 0 Å². The van der Waals surface area contributed by atoms with Crippen LogP contribution in [0.25, 0.3) is 0 Å². The lowest BCUT2D eigenvalue weighted by Gasteiger charge is -2.23. The molecule has 1 aromatic carbocycles. The molecule has 1 saturated heterocycles. The third-order valence-electron chi connectivity index (χ3n) is 3.14. The van der Waals surface area contributed by atoms with Crippen molar-refractivity contribution in [3.63, 3.8) is 0 Å². The number of hydrogen-bond acceptors (Lipinski definition) is 2. The molecule has 0 radical (unpaired) electrons. The lowest BCUT2D eigenvalue weighted by molar-refractivity contribution is 0.411. The van der Waals surface area contributed by atoms with E-state index in [1.54, 1.807) is 7.11 Å². The van der Waals surface area contributed by atoms with Crippen LogP contribution in [0.5, 0.6) is 5.75 Å². The van der Waals surface area contributed by atoms with Gasteiger partial charge in [-0.05, 0) is 30.7 Å². The van der Waals surface area contributed by atoms with Gasteiger partial charge in [0.15, 0.2) is 0 Å². The van der Waals surface area contributed by atoms with Crippen LogP contribution in [0.4, 0.5) is 0 Å². The molecule has 14 heavy (non-hydrogen) atoms. The van der Waals surface area contributed by atoms with Crippen LogP contribution in [0.3, 0.4) is 0 Å². The van der Waals surface area contributed by atoms with E-state index in [9.17, 15) is 0 Å². The Kier molecular flexibility index (Phi) is 2.46. The van der Waals surface area contributed by atoms with E-state index in [1.807, 2.05) is 6.07 Å². The van der Waals surface area contributed by atoms with Crippen LogP contribution < -0.4 is 10.1 Å². The largest absolute Gasteiger partial charge is 0.497 e.